The minimum atomic E-state index is -1.20. The summed E-state index contributed by atoms with van der Waals surface area (Å²) in [5, 5.41) is 18.8. The van der Waals surface area contributed by atoms with Gasteiger partial charge in [0.15, 0.2) is 0 Å². The smallest absolute Gasteiger partial charge is 0.450 e. The van der Waals surface area contributed by atoms with Gasteiger partial charge in [-0.1, -0.05) is 44.2 Å². The van der Waals surface area contributed by atoms with Gasteiger partial charge in [0.2, 0.25) is 0 Å². The maximum atomic E-state index is 10.5. The minimum absolute atomic E-state index is 0.135. The standard InChI is InChI=1S/C16H23NO5/c18-16(19)22-13-7-5-3-1-2-4-6-8-14-9-11-15(12-10-14)17(20)21/h9-12H,1-8,13H2,(H,18,19). The van der Waals surface area contributed by atoms with Gasteiger partial charge < -0.3 is 9.84 Å². The Hall–Kier alpha value is -2.11. The number of unbranched alkanes of at least 4 members (excludes halogenated alkanes) is 6. The Morgan fingerprint density at radius 3 is 2.09 bits per heavy atom. The van der Waals surface area contributed by atoms with E-state index in [2.05, 4.69) is 4.74 Å². The van der Waals surface area contributed by atoms with Gasteiger partial charge in [0.05, 0.1) is 11.5 Å². The van der Waals surface area contributed by atoms with E-state index >= 15 is 0 Å². The number of carboxylic acid groups (broad SMARTS) is 1. The van der Waals surface area contributed by atoms with Crippen molar-refractivity contribution in [3.8, 4) is 0 Å². The molecular formula is C16H23NO5. The molecule has 0 unspecified atom stereocenters. The van der Waals surface area contributed by atoms with Crippen LogP contribution >= 0.6 is 0 Å². The first-order chi connectivity index (χ1) is 10.6. The van der Waals surface area contributed by atoms with E-state index in [1.54, 1.807) is 12.1 Å². The number of benzene rings is 1. The molecule has 0 aliphatic heterocycles. The van der Waals surface area contributed by atoms with Gasteiger partial charge in [-0.25, -0.2) is 4.79 Å². The van der Waals surface area contributed by atoms with Crippen LogP contribution < -0.4 is 0 Å². The van der Waals surface area contributed by atoms with E-state index in [1.165, 1.54) is 0 Å². The Balaban J connectivity index is 1.97. The number of hydrogen-bond acceptors (Lipinski definition) is 4. The van der Waals surface area contributed by atoms with Crippen molar-refractivity contribution in [1.29, 1.82) is 0 Å². The Morgan fingerprint density at radius 2 is 1.55 bits per heavy atom. The summed E-state index contributed by atoms with van der Waals surface area (Å²) in [5.41, 5.74) is 1.27. The average molecular weight is 309 g/mol. The second-order valence-electron chi connectivity index (χ2n) is 5.26. The molecule has 1 N–H and O–H groups in total. The fourth-order valence-electron chi connectivity index (χ4n) is 2.26. The predicted octanol–water partition coefficient (Wildman–Crippen LogP) is 4.56. The van der Waals surface area contributed by atoms with Gasteiger partial charge in [0.25, 0.3) is 5.69 Å². The molecule has 0 atom stereocenters. The molecule has 1 aromatic carbocycles. The fraction of sp³-hybridized carbons (Fsp3) is 0.562. The van der Waals surface area contributed by atoms with Crippen LogP contribution in [0, 0.1) is 10.1 Å². The highest BCUT2D eigenvalue weighted by Crippen LogP contribution is 2.15. The lowest BCUT2D eigenvalue weighted by Crippen LogP contribution is -2.01. The highest BCUT2D eigenvalue weighted by Gasteiger charge is 2.03. The molecule has 0 radical (unpaired) electrons. The third kappa shape index (κ3) is 8.24. The van der Waals surface area contributed by atoms with Crippen molar-refractivity contribution >= 4 is 11.8 Å². The summed E-state index contributed by atoms with van der Waals surface area (Å²) in [6.07, 6.45) is 7.16. The SMILES string of the molecule is O=C(O)OCCCCCCCCCc1ccc([N+](=O)[O-])cc1. The lowest BCUT2D eigenvalue weighted by molar-refractivity contribution is -0.384. The Kier molecular flexibility index (Phi) is 8.64. The van der Waals surface area contributed by atoms with Gasteiger partial charge in [0.1, 0.15) is 0 Å². The number of nitro groups is 1. The summed E-state index contributed by atoms with van der Waals surface area (Å²) in [4.78, 5) is 20.3. The van der Waals surface area contributed by atoms with Crippen LogP contribution in [0.2, 0.25) is 0 Å². The monoisotopic (exact) mass is 309 g/mol. The molecule has 0 bridgehead atoms. The summed E-state index contributed by atoms with van der Waals surface area (Å²) in [6.45, 7) is 0.287. The second-order valence-corrected chi connectivity index (χ2v) is 5.26. The predicted molar refractivity (Wildman–Crippen MR) is 83.1 cm³/mol. The summed E-state index contributed by atoms with van der Waals surface area (Å²) in [5.74, 6) is 0. The summed E-state index contributed by atoms with van der Waals surface area (Å²) in [6, 6.07) is 6.74. The molecule has 0 spiro atoms. The zero-order chi connectivity index (χ0) is 16.2. The average Bonchev–Trinajstić information content (AvgIpc) is 2.49. The van der Waals surface area contributed by atoms with Crippen molar-refractivity contribution in [3.63, 3.8) is 0 Å². The summed E-state index contributed by atoms with van der Waals surface area (Å²) < 4.78 is 4.43. The van der Waals surface area contributed by atoms with Gasteiger partial charge in [0, 0.05) is 12.1 Å². The number of carbonyl (C=O) groups is 1. The third-order valence-corrected chi connectivity index (χ3v) is 3.48. The summed E-state index contributed by atoms with van der Waals surface area (Å²) >= 11 is 0. The molecule has 122 valence electrons. The second kappa shape index (κ2) is 10.6. The van der Waals surface area contributed by atoms with Gasteiger partial charge in [-0.05, 0) is 24.8 Å². The lowest BCUT2D eigenvalue weighted by atomic mass is 10.0. The molecule has 0 aromatic heterocycles. The lowest BCUT2D eigenvalue weighted by Gasteiger charge is -2.03. The first-order valence-corrected chi connectivity index (χ1v) is 7.68. The maximum Gasteiger partial charge on any atom is 0.505 e. The highest BCUT2D eigenvalue weighted by molar-refractivity contribution is 5.56. The number of aryl methyl sites for hydroxylation is 1. The van der Waals surface area contributed by atoms with E-state index in [-0.39, 0.29) is 17.2 Å². The van der Waals surface area contributed by atoms with Crippen LogP contribution in [0.4, 0.5) is 10.5 Å². The Morgan fingerprint density at radius 1 is 1.00 bits per heavy atom. The number of nitrogens with zero attached hydrogens (tertiary/aromatic N) is 1. The number of rotatable bonds is 11. The van der Waals surface area contributed by atoms with E-state index in [9.17, 15) is 14.9 Å². The highest BCUT2D eigenvalue weighted by atomic mass is 16.7. The molecule has 1 aromatic rings. The van der Waals surface area contributed by atoms with Crippen LogP contribution in [0.15, 0.2) is 24.3 Å². The number of nitro benzene ring substituents is 1. The molecule has 0 heterocycles. The molecule has 0 fully saturated rings. The van der Waals surface area contributed by atoms with Gasteiger partial charge >= 0.3 is 6.16 Å². The van der Waals surface area contributed by atoms with E-state index in [1.807, 2.05) is 12.1 Å². The number of non-ortho nitro benzene ring substituents is 1. The van der Waals surface area contributed by atoms with Crippen LogP contribution in [-0.4, -0.2) is 22.8 Å². The van der Waals surface area contributed by atoms with Crippen LogP contribution in [-0.2, 0) is 11.2 Å². The van der Waals surface area contributed by atoms with E-state index in [4.69, 9.17) is 5.11 Å². The molecule has 6 nitrogen and oxygen atoms in total. The molecule has 6 heteroatoms. The van der Waals surface area contributed by atoms with Gasteiger partial charge in [-0.3, -0.25) is 10.1 Å². The molecule has 1 rings (SSSR count). The van der Waals surface area contributed by atoms with Crippen molar-refractivity contribution in [2.75, 3.05) is 6.61 Å². The van der Waals surface area contributed by atoms with Crippen molar-refractivity contribution in [2.45, 2.75) is 51.4 Å². The molecular weight excluding hydrogens is 286 g/mol. The molecule has 0 aliphatic carbocycles. The molecule has 0 saturated carbocycles. The fourth-order valence-corrected chi connectivity index (χ4v) is 2.26. The zero-order valence-corrected chi connectivity index (χ0v) is 12.7. The molecule has 0 amide bonds. The zero-order valence-electron chi connectivity index (χ0n) is 12.7. The molecule has 0 aliphatic rings. The van der Waals surface area contributed by atoms with Crippen LogP contribution in [0.1, 0.15) is 50.5 Å². The number of hydrogen-bond donors (Lipinski definition) is 1. The van der Waals surface area contributed by atoms with Gasteiger partial charge in [-0.15, -0.1) is 0 Å². The van der Waals surface area contributed by atoms with Crippen molar-refractivity contribution in [3.05, 3.63) is 39.9 Å². The largest absolute Gasteiger partial charge is 0.505 e. The van der Waals surface area contributed by atoms with Crippen molar-refractivity contribution in [2.24, 2.45) is 0 Å². The first-order valence-electron chi connectivity index (χ1n) is 7.68. The molecule has 0 saturated heterocycles. The van der Waals surface area contributed by atoms with Crippen molar-refractivity contribution < 1.29 is 19.6 Å². The maximum absolute atomic E-state index is 10.5. The van der Waals surface area contributed by atoms with Crippen LogP contribution in [0.3, 0.4) is 0 Å². The summed E-state index contributed by atoms with van der Waals surface area (Å²) in [7, 11) is 0. The molecule has 22 heavy (non-hydrogen) atoms. The topological polar surface area (TPSA) is 89.7 Å². The Bertz CT molecular complexity index is 458. The Labute approximate surface area is 130 Å². The third-order valence-electron chi connectivity index (χ3n) is 3.48. The normalized spacial score (nSPS) is 10.4. The van der Waals surface area contributed by atoms with Crippen molar-refractivity contribution in [1.82, 2.24) is 0 Å². The first kappa shape index (κ1) is 17.9. The van der Waals surface area contributed by atoms with Gasteiger partial charge in [-0.2, -0.15) is 0 Å². The van der Waals surface area contributed by atoms with E-state index in [0.29, 0.717) is 0 Å². The minimum Gasteiger partial charge on any atom is -0.450 e. The van der Waals surface area contributed by atoms with E-state index in [0.717, 1.165) is 56.9 Å². The van der Waals surface area contributed by atoms with Crippen LogP contribution in [0.25, 0.3) is 0 Å². The quantitative estimate of drug-likeness (QED) is 0.280. The van der Waals surface area contributed by atoms with E-state index < -0.39 is 6.16 Å². The van der Waals surface area contributed by atoms with Crippen LogP contribution in [0.5, 0.6) is 0 Å². The number of ether oxygens (including phenoxy) is 1.